The summed E-state index contributed by atoms with van der Waals surface area (Å²) in [4.78, 5) is 0. The lowest BCUT2D eigenvalue weighted by Gasteiger charge is -2.00. The highest BCUT2D eigenvalue weighted by molar-refractivity contribution is 7.90. The van der Waals surface area contributed by atoms with Gasteiger partial charge in [0.1, 0.15) is 0 Å². The molecule has 0 aliphatic carbocycles. The van der Waals surface area contributed by atoms with E-state index in [1.165, 1.54) is 0 Å². The van der Waals surface area contributed by atoms with Crippen LogP contribution in [0.2, 0.25) is 0 Å². The lowest BCUT2D eigenvalue weighted by atomic mass is 10.3. The van der Waals surface area contributed by atoms with Crippen LogP contribution in [0.5, 0.6) is 0 Å². The number of hydrogen-bond donors (Lipinski definition) is 3. The number of anilines is 2. The van der Waals surface area contributed by atoms with Gasteiger partial charge in [0.05, 0.1) is 0 Å². The summed E-state index contributed by atoms with van der Waals surface area (Å²) in [6.45, 7) is 0. The predicted octanol–water partition coefficient (Wildman–Crippen LogP) is 1.57. The molecular weight excluding hydrogens is 250 g/mol. The Morgan fingerprint density at radius 2 is 1.28 bits per heavy atom. The number of para-hydroxylation sites is 2. The molecule has 2 aromatic carbocycles. The molecule has 0 fully saturated rings. The van der Waals surface area contributed by atoms with Crippen molar-refractivity contribution in [3.8, 4) is 0 Å². The summed E-state index contributed by atoms with van der Waals surface area (Å²) in [5.41, 5.74) is 6.65. The fourth-order valence-electron chi connectivity index (χ4n) is 1.12. The largest absolute Gasteiger partial charge is 0.399 e. The average molecular weight is 265 g/mol. The minimum atomic E-state index is -3.63. The maximum atomic E-state index is 10.5. The Labute approximate surface area is 107 Å². The molecule has 18 heavy (non-hydrogen) atoms. The first-order valence-corrected chi connectivity index (χ1v) is 6.68. The summed E-state index contributed by atoms with van der Waals surface area (Å²) in [7, 11) is -3.63. The van der Waals surface area contributed by atoms with Crippen LogP contribution in [0.4, 0.5) is 11.4 Å². The van der Waals surface area contributed by atoms with E-state index in [2.05, 4.69) is 4.72 Å². The highest BCUT2D eigenvalue weighted by Crippen LogP contribution is 2.04. The summed E-state index contributed by atoms with van der Waals surface area (Å²) < 4.78 is 23.1. The maximum absolute atomic E-state index is 10.5. The van der Waals surface area contributed by atoms with Gasteiger partial charge in [-0.3, -0.25) is 4.72 Å². The summed E-state index contributed by atoms with van der Waals surface area (Å²) in [5, 5.41) is 4.73. The van der Waals surface area contributed by atoms with Gasteiger partial charge in [-0.1, -0.05) is 36.4 Å². The van der Waals surface area contributed by atoms with Gasteiger partial charge < -0.3 is 5.73 Å². The van der Waals surface area contributed by atoms with E-state index in [0.717, 1.165) is 5.69 Å². The van der Waals surface area contributed by atoms with Gasteiger partial charge in [0.2, 0.25) is 0 Å². The Hall–Kier alpha value is -2.05. The normalized spacial score (nSPS) is 10.1. The summed E-state index contributed by atoms with van der Waals surface area (Å²) >= 11 is 0. The number of nitrogens with two attached hydrogens (primary N) is 2. The van der Waals surface area contributed by atoms with Gasteiger partial charge >= 0.3 is 0 Å². The molecule has 2 aromatic rings. The Bertz CT molecular complexity index is 556. The van der Waals surface area contributed by atoms with Crippen LogP contribution in [0.1, 0.15) is 0 Å². The minimum Gasteiger partial charge on any atom is -0.399 e. The smallest absolute Gasteiger partial charge is 0.296 e. The molecule has 0 aliphatic heterocycles. The Balaban J connectivity index is 0.000000199. The molecular formula is C12H15N3O2S. The van der Waals surface area contributed by atoms with E-state index in [1.54, 1.807) is 30.3 Å². The van der Waals surface area contributed by atoms with Crippen LogP contribution in [-0.4, -0.2) is 8.42 Å². The van der Waals surface area contributed by atoms with Gasteiger partial charge in [0, 0.05) is 11.4 Å². The van der Waals surface area contributed by atoms with Crippen LogP contribution in [0.15, 0.2) is 60.7 Å². The van der Waals surface area contributed by atoms with Gasteiger partial charge in [-0.15, -0.1) is 0 Å². The third-order valence-corrected chi connectivity index (χ3v) is 2.35. The van der Waals surface area contributed by atoms with Crippen molar-refractivity contribution in [1.82, 2.24) is 0 Å². The van der Waals surface area contributed by atoms with Crippen molar-refractivity contribution in [2.45, 2.75) is 0 Å². The highest BCUT2D eigenvalue weighted by Gasteiger charge is 1.98. The third kappa shape index (κ3) is 6.51. The zero-order chi connectivity index (χ0) is 13.4. The van der Waals surface area contributed by atoms with Crippen molar-refractivity contribution in [1.29, 1.82) is 0 Å². The second-order valence-electron chi connectivity index (χ2n) is 3.42. The zero-order valence-electron chi connectivity index (χ0n) is 9.65. The van der Waals surface area contributed by atoms with Gasteiger partial charge in [-0.05, 0) is 24.3 Å². The number of rotatable bonds is 2. The van der Waals surface area contributed by atoms with Gasteiger partial charge in [-0.25, -0.2) is 5.14 Å². The lowest BCUT2D eigenvalue weighted by Crippen LogP contribution is -2.21. The number of nitrogen functional groups attached to an aromatic ring is 1. The quantitative estimate of drug-likeness (QED) is 0.719. The van der Waals surface area contributed by atoms with E-state index in [1.807, 2.05) is 30.3 Å². The maximum Gasteiger partial charge on any atom is 0.296 e. The van der Waals surface area contributed by atoms with Gasteiger partial charge in [0.15, 0.2) is 0 Å². The highest BCUT2D eigenvalue weighted by atomic mass is 32.2. The molecule has 96 valence electrons. The van der Waals surface area contributed by atoms with Crippen molar-refractivity contribution in [2.24, 2.45) is 5.14 Å². The molecule has 0 saturated carbocycles. The fraction of sp³-hybridized carbons (Fsp3) is 0. The van der Waals surface area contributed by atoms with E-state index in [-0.39, 0.29) is 0 Å². The Morgan fingerprint density at radius 3 is 1.61 bits per heavy atom. The van der Waals surface area contributed by atoms with Crippen molar-refractivity contribution in [2.75, 3.05) is 10.5 Å². The lowest BCUT2D eigenvalue weighted by molar-refractivity contribution is 0.603. The standard InChI is InChI=1S/C6H8N2O2S.C6H7N/c7-11(9,10)8-6-4-2-1-3-5-6;7-6-4-2-1-3-5-6/h1-5,8H,(H2,7,9,10);1-5H,7H2. The molecule has 6 heteroatoms. The average Bonchev–Trinajstić information content (AvgIpc) is 2.30. The summed E-state index contributed by atoms with van der Waals surface area (Å²) in [6, 6.07) is 17.9. The molecule has 0 bridgehead atoms. The van der Waals surface area contributed by atoms with Crippen molar-refractivity contribution in [3.05, 3.63) is 60.7 Å². The molecule has 0 unspecified atom stereocenters. The topological polar surface area (TPSA) is 98.2 Å². The molecule has 5 nitrogen and oxygen atoms in total. The second kappa shape index (κ2) is 6.63. The molecule has 0 radical (unpaired) electrons. The number of nitrogens with one attached hydrogen (secondary N) is 1. The molecule has 0 atom stereocenters. The van der Waals surface area contributed by atoms with Crippen LogP contribution >= 0.6 is 0 Å². The molecule has 0 saturated heterocycles. The van der Waals surface area contributed by atoms with E-state index >= 15 is 0 Å². The molecule has 0 spiro atoms. The van der Waals surface area contributed by atoms with E-state index in [4.69, 9.17) is 10.9 Å². The first kappa shape index (κ1) is 14.0. The monoisotopic (exact) mass is 265 g/mol. The molecule has 0 heterocycles. The van der Waals surface area contributed by atoms with Crippen molar-refractivity contribution >= 4 is 21.6 Å². The summed E-state index contributed by atoms with van der Waals surface area (Å²) in [6.07, 6.45) is 0. The SMILES string of the molecule is NS(=O)(=O)Nc1ccccc1.Nc1ccccc1. The van der Waals surface area contributed by atoms with Crippen LogP contribution < -0.4 is 15.6 Å². The zero-order valence-corrected chi connectivity index (χ0v) is 10.5. The van der Waals surface area contributed by atoms with Crippen LogP contribution in [-0.2, 0) is 10.2 Å². The first-order valence-electron chi connectivity index (χ1n) is 5.13. The van der Waals surface area contributed by atoms with E-state index in [0.29, 0.717) is 5.69 Å². The van der Waals surface area contributed by atoms with E-state index < -0.39 is 10.2 Å². The fourth-order valence-corrected chi connectivity index (χ4v) is 1.59. The molecule has 0 amide bonds. The second-order valence-corrected chi connectivity index (χ2v) is 4.72. The van der Waals surface area contributed by atoms with Crippen LogP contribution in [0, 0.1) is 0 Å². The number of benzene rings is 2. The first-order chi connectivity index (χ1) is 8.47. The third-order valence-electron chi connectivity index (χ3n) is 1.83. The van der Waals surface area contributed by atoms with Gasteiger partial charge in [-0.2, -0.15) is 8.42 Å². The van der Waals surface area contributed by atoms with Gasteiger partial charge in [0.25, 0.3) is 10.2 Å². The predicted molar refractivity (Wildman–Crippen MR) is 74.0 cm³/mol. The van der Waals surface area contributed by atoms with Crippen LogP contribution in [0.25, 0.3) is 0 Å². The number of hydrogen-bond acceptors (Lipinski definition) is 3. The molecule has 0 aliphatic rings. The van der Waals surface area contributed by atoms with Crippen molar-refractivity contribution < 1.29 is 8.42 Å². The summed E-state index contributed by atoms with van der Waals surface area (Å²) in [5.74, 6) is 0. The Kier molecular flexibility index (Phi) is 5.16. The van der Waals surface area contributed by atoms with Crippen LogP contribution in [0.3, 0.4) is 0 Å². The Morgan fingerprint density at radius 1 is 0.833 bits per heavy atom. The van der Waals surface area contributed by atoms with E-state index in [9.17, 15) is 8.42 Å². The van der Waals surface area contributed by atoms with Crippen molar-refractivity contribution in [3.63, 3.8) is 0 Å². The minimum absolute atomic E-state index is 0.468. The molecule has 0 aromatic heterocycles. The molecule has 2 rings (SSSR count). The molecule has 5 N–H and O–H groups in total.